The van der Waals surface area contributed by atoms with Gasteiger partial charge in [0.05, 0.1) is 16.1 Å². The number of nitrogens with zero attached hydrogens (tertiary/aromatic N) is 2. The topological polar surface area (TPSA) is 42.4 Å². The summed E-state index contributed by atoms with van der Waals surface area (Å²) in [7, 11) is -1.83. The molecule has 1 amide bonds. The smallest absolute Gasteiger partial charge is 0.227 e. The van der Waals surface area contributed by atoms with Crippen LogP contribution < -0.4 is 0 Å². The summed E-state index contributed by atoms with van der Waals surface area (Å²) >= 11 is 13.0. The molecule has 4 nitrogen and oxygen atoms in total. The maximum absolute atomic E-state index is 12.4. The number of hydrogen-bond donors (Lipinski definition) is 0. The molecule has 7 heteroatoms. The molecule has 1 aliphatic rings. The normalized spacial score (nSPS) is 16.6. The van der Waals surface area contributed by atoms with Crippen molar-refractivity contribution in [1.29, 1.82) is 0 Å². The van der Waals surface area contributed by atoms with E-state index in [2.05, 4.69) is 25.8 Å². The molecule has 2 heterocycles. The predicted octanol–water partition coefficient (Wildman–Crippen LogP) is 6.74. The van der Waals surface area contributed by atoms with Crippen molar-refractivity contribution in [2.45, 2.75) is 78.6 Å². The van der Waals surface area contributed by atoms with Crippen molar-refractivity contribution in [2.24, 2.45) is 11.3 Å². The summed E-state index contributed by atoms with van der Waals surface area (Å²) in [4.78, 5) is 18.5. The number of halogens is 2. The third-order valence-corrected chi connectivity index (χ3v) is 11.5. The lowest BCUT2D eigenvalue weighted by atomic mass is 9.87. The van der Waals surface area contributed by atoms with Gasteiger partial charge in [0.25, 0.3) is 0 Å². The summed E-state index contributed by atoms with van der Waals surface area (Å²) in [6.45, 7) is 14.3. The summed E-state index contributed by atoms with van der Waals surface area (Å²) < 4.78 is 6.84. The van der Waals surface area contributed by atoms with E-state index in [0.29, 0.717) is 16.0 Å². The molecule has 1 aromatic heterocycles. The van der Waals surface area contributed by atoms with Crippen LogP contribution in [0.4, 0.5) is 0 Å². The Kier molecular flexibility index (Phi) is 8.60. The van der Waals surface area contributed by atoms with Gasteiger partial charge in [-0.05, 0) is 36.9 Å². The fraction of sp³-hybridized carbons (Fsp3) is 0.727. The van der Waals surface area contributed by atoms with Crippen LogP contribution in [0.25, 0.3) is 0 Å². The van der Waals surface area contributed by atoms with Gasteiger partial charge in [0.15, 0.2) is 8.32 Å². The zero-order chi connectivity index (χ0) is 21.8. The fourth-order valence-corrected chi connectivity index (χ4v) is 7.52. The molecule has 1 aliphatic heterocycles. The quantitative estimate of drug-likeness (QED) is 0.384. The molecule has 1 fully saturated rings. The Balaban J connectivity index is 2.11. The summed E-state index contributed by atoms with van der Waals surface area (Å²) in [6, 6.07) is 3.23. The number of amides is 1. The lowest BCUT2D eigenvalue weighted by Crippen LogP contribution is -2.53. The molecule has 0 radical (unpaired) electrons. The minimum absolute atomic E-state index is 0.114. The minimum Gasteiger partial charge on any atom is -0.410 e. The van der Waals surface area contributed by atoms with E-state index < -0.39 is 8.32 Å². The molecular weight excluding hydrogens is 423 g/mol. The van der Waals surface area contributed by atoms with Crippen molar-refractivity contribution >= 4 is 37.4 Å². The highest BCUT2D eigenvalue weighted by atomic mass is 35.5. The molecule has 2 rings (SSSR count). The molecule has 0 aromatic carbocycles. The molecule has 1 atom stereocenters. The van der Waals surface area contributed by atoms with Gasteiger partial charge in [0.1, 0.15) is 0 Å². The number of carbonyl (C=O) groups excluding carboxylic acids is 1. The van der Waals surface area contributed by atoms with Crippen LogP contribution in [-0.4, -0.2) is 37.2 Å². The number of pyridine rings is 1. The Morgan fingerprint density at radius 2 is 1.69 bits per heavy atom. The Labute approximate surface area is 187 Å². The Hall–Kier alpha value is -0.623. The summed E-state index contributed by atoms with van der Waals surface area (Å²) in [6.07, 6.45) is 5.05. The number of likely N-dealkylation sites (tertiary alicyclic amines) is 1. The number of hydrogen-bond acceptors (Lipinski definition) is 3. The van der Waals surface area contributed by atoms with Crippen LogP contribution in [0.3, 0.4) is 0 Å². The average Bonchev–Trinajstić information content (AvgIpc) is 2.63. The molecule has 1 saturated heterocycles. The first-order valence-corrected chi connectivity index (χ1v) is 14.1. The van der Waals surface area contributed by atoms with Crippen LogP contribution in [0.15, 0.2) is 12.4 Å². The van der Waals surface area contributed by atoms with Crippen molar-refractivity contribution in [3.8, 4) is 0 Å². The van der Waals surface area contributed by atoms with Gasteiger partial charge >= 0.3 is 0 Å². The fourth-order valence-electron chi connectivity index (χ4n) is 4.07. The van der Waals surface area contributed by atoms with Gasteiger partial charge < -0.3 is 9.33 Å². The lowest BCUT2D eigenvalue weighted by molar-refractivity contribution is -0.146. The highest BCUT2D eigenvalue weighted by Gasteiger charge is 2.38. The standard InChI is InChI=1S/C22H36Cl2N2O2Si/c1-7-29(8-2,9-3)28-19(20-17(23)12-25-13-18(20)24)11-10-16-14-26(15-16)21(27)22(4,5)6/h12-13,16,19H,7-11,14-15H2,1-6H3. The SMILES string of the molecule is CC[Si](CC)(CC)OC(CCC1CN(C(=O)C(C)(C)C)C1)c1c(Cl)cncc1Cl. The third-order valence-electron chi connectivity index (χ3n) is 6.26. The van der Waals surface area contributed by atoms with Crippen molar-refractivity contribution in [1.82, 2.24) is 9.88 Å². The molecule has 0 saturated carbocycles. The van der Waals surface area contributed by atoms with Gasteiger partial charge in [-0.1, -0.05) is 64.7 Å². The van der Waals surface area contributed by atoms with Crippen LogP contribution in [0.1, 0.15) is 66.1 Å². The Morgan fingerprint density at radius 3 is 2.14 bits per heavy atom. The van der Waals surface area contributed by atoms with E-state index in [9.17, 15) is 4.79 Å². The van der Waals surface area contributed by atoms with E-state index in [1.54, 1.807) is 12.4 Å². The second-order valence-electron chi connectivity index (χ2n) is 9.27. The summed E-state index contributed by atoms with van der Waals surface area (Å²) in [5.74, 6) is 0.740. The molecule has 0 spiro atoms. The maximum atomic E-state index is 12.4. The van der Waals surface area contributed by atoms with Crippen LogP contribution in [0.2, 0.25) is 28.2 Å². The largest absolute Gasteiger partial charge is 0.410 e. The second-order valence-corrected chi connectivity index (χ2v) is 14.8. The van der Waals surface area contributed by atoms with Gasteiger partial charge in [-0.15, -0.1) is 0 Å². The van der Waals surface area contributed by atoms with E-state index in [4.69, 9.17) is 27.6 Å². The van der Waals surface area contributed by atoms with Gasteiger partial charge in [-0.3, -0.25) is 9.78 Å². The summed E-state index contributed by atoms with van der Waals surface area (Å²) in [5.41, 5.74) is 0.557. The third kappa shape index (κ3) is 5.96. The van der Waals surface area contributed by atoms with Gasteiger partial charge in [0.2, 0.25) is 5.91 Å². The predicted molar refractivity (Wildman–Crippen MR) is 124 cm³/mol. The summed E-state index contributed by atoms with van der Waals surface area (Å²) in [5, 5.41) is 1.15. The van der Waals surface area contributed by atoms with Crippen LogP contribution in [0, 0.1) is 11.3 Å². The van der Waals surface area contributed by atoms with E-state index >= 15 is 0 Å². The van der Waals surface area contributed by atoms with Crippen LogP contribution in [0.5, 0.6) is 0 Å². The van der Waals surface area contributed by atoms with Gasteiger partial charge in [-0.25, -0.2) is 0 Å². The second kappa shape index (κ2) is 10.1. The van der Waals surface area contributed by atoms with Crippen LogP contribution >= 0.6 is 23.2 Å². The van der Waals surface area contributed by atoms with E-state index in [1.807, 2.05) is 25.7 Å². The van der Waals surface area contributed by atoms with Crippen LogP contribution in [-0.2, 0) is 9.22 Å². The molecule has 1 aromatic rings. The maximum Gasteiger partial charge on any atom is 0.227 e. The molecule has 29 heavy (non-hydrogen) atoms. The zero-order valence-corrected chi connectivity index (χ0v) is 21.2. The molecule has 0 bridgehead atoms. The minimum atomic E-state index is -1.83. The van der Waals surface area contributed by atoms with Crippen molar-refractivity contribution < 1.29 is 9.22 Å². The highest BCUT2D eigenvalue weighted by molar-refractivity contribution is 6.73. The molecule has 1 unspecified atom stereocenters. The molecule has 0 N–H and O–H groups in total. The molecule has 164 valence electrons. The van der Waals surface area contributed by atoms with E-state index in [-0.39, 0.29) is 17.4 Å². The monoisotopic (exact) mass is 458 g/mol. The van der Waals surface area contributed by atoms with Crippen molar-refractivity contribution in [2.75, 3.05) is 13.1 Å². The molecule has 0 aliphatic carbocycles. The zero-order valence-electron chi connectivity index (χ0n) is 18.7. The number of carbonyl (C=O) groups is 1. The highest BCUT2D eigenvalue weighted by Crippen LogP contribution is 2.40. The van der Waals surface area contributed by atoms with Gasteiger partial charge in [-0.2, -0.15) is 0 Å². The van der Waals surface area contributed by atoms with E-state index in [0.717, 1.165) is 49.6 Å². The lowest BCUT2D eigenvalue weighted by Gasteiger charge is -2.43. The van der Waals surface area contributed by atoms with E-state index in [1.165, 1.54) is 0 Å². The number of rotatable bonds is 9. The van der Waals surface area contributed by atoms with Gasteiger partial charge in [0, 0.05) is 36.5 Å². The van der Waals surface area contributed by atoms with Crippen molar-refractivity contribution in [3.05, 3.63) is 28.0 Å². The Morgan fingerprint density at radius 1 is 1.17 bits per heavy atom. The molecular formula is C22H36Cl2N2O2Si. The van der Waals surface area contributed by atoms with Crippen molar-refractivity contribution in [3.63, 3.8) is 0 Å². The first-order valence-electron chi connectivity index (χ1n) is 10.8. The first kappa shape index (κ1) is 24.6. The average molecular weight is 460 g/mol. The first-order chi connectivity index (χ1) is 13.6. The Bertz CT molecular complexity index is 670. The number of aromatic nitrogens is 1.